The molecular weight excluding hydrogens is 259 g/mol. The Morgan fingerprint density at radius 2 is 1.44 bits per heavy atom. The normalized spacial score (nSPS) is 48.8. The fourth-order valence-electron chi connectivity index (χ4n) is 4.43. The van der Waals surface area contributed by atoms with Crippen LogP contribution in [0.1, 0.15) is 38.5 Å². The average Bonchev–Trinajstić information content (AvgIpc) is 3.06. The first-order chi connectivity index (χ1) is 8.67. The van der Waals surface area contributed by atoms with E-state index in [1.807, 2.05) is 0 Å². The lowest BCUT2D eigenvalue weighted by Gasteiger charge is -2.20. The van der Waals surface area contributed by atoms with E-state index in [0.717, 1.165) is 11.8 Å². The molecule has 0 aromatic rings. The first-order valence-electron chi connectivity index (χ1n) is 7.22. The summed E-state index contributed by atoms with van der Waals surface area (Å²) in [6.45, 7) is -0.538. The van der Waals surface area contributed by atoms with Gasteiger partial charge in [0, 0.05) is 10.8 Å². The van der Waals surface area contributed by atoms with Gasteiger partial charge >= 0.3 is 0 Å². The molecule has 2 heteroatoms. The molecule has 0 N–H and O–H groups in total. The lowest BCUT2D eigenvalue weighted by atomic mass is 9.91. The topological polar surface area (TPSA) is 0 Å². The van der Waals surface area contributed by atoms with Gasteiger partial charge in [0.2, 0.25) is 0 Å². The fourth-order valence-corrected chi connectivity index (χ4v) is 7.29. The van der Waals surface area contributed by atoms with Crippen LogP contribution in [-0.4, -0.2) is 11.6 Å². The molecule has 4 rings (SSSR count). The molecule has 0 aromatic carbocycles. The highest BCUT2D eigenvalue weighted by Crippen LogP contribution is 2.52. The predicted molar refractivity (Wildman–Crippen MR) is 82.7 cm³/mol. The van der Waals surface area contributed by atoms with Crippen molar-refractivity contribution in [3.63, 3.8) is 0 Å². The van der Waals surface area contributed by atoms with E-state index >= 15 is 0 Å². The molecule has 0 amide bonds. The SMILES string of the molecule is Cl/P(=C\C12C=CC(CC1)C2)=C\C12C=CC(CC1)C2. The lowest BCUT2D eigenvalue weighted by Crippen LogP contribution is -2.14. The van der Waals surface area contributed by atoms with Gasteiger partial charge in [0.1, 0.15) is 0 Å². The summed E-state index contributed by atoms with van der Waals surface area (Å²) >= 11 is 6.70. The first kappa shape index (κ1) is 11.6. The molecule has 0 saturated heterocycles. The van der Waals surface area contributed by atoms with Crippen molar-refractivity contribution >= 4 is 29.4 Å². The van der Waals surface area contributed by atoms with Crippen LogP contribution < -0.4 is 0 Å². The molecule has 4 atom stereocenters. The molecule has 0 aromatic heterocycles. The highest BCUT2D eigenvalue weighted by Gasteiger charge is 2.40. The van der Waals surface area contributed by atoms with Gasteiger partial charge in [-0.25, -0.2) is 0 Å². The van der Waals surface area contributed by atoms with Gasteiger partial charge in [-0.15, -0.1) is 0 Å². The van der Waals surface area contributed by atoms with Crippen molar-refractivity contribution in [3.05, 3.63) is 24.3 Å². The van der Waals surface area contributed by atoms with E-state index in [4.69, 9.17) is 11.2 Å². The summed E-state index contributed by atoms with van der Waals surface area (Å²) in [5.41, 5.74) is 0.733. The molecule has 4 aliphatic carbocycles. The van der Waals surface area contributed by atoms with Crippen LogP contribution in [0.2, 0.25) is 0 Å². The van der Waals surface area contributed by atoms with Crippen molar-refractivity contribution in [1.29, 1.82) is 0 Å². The number of fused-ring (bicyclic) bond motifs is 4. The van der Waals surface area contributed by atoms with Crippen molar-refractivity contribution in [2.45, 2.75) is 38.5 Å². The Morgan fingerprint density at radius 3 is 1.72 bits per heavy atom. The van der Waals surface area contributed by atoms with Crippen molar-refractivity contribution in [2.24, 2.45) is 22.7 Å². The molecule has 2 fully saturated rings. The first-order valence-corrected chi connectivity index (χ1v) is 9.61. The Kier molecular flexibility index (Phi) is 2.52. The van der Waals surface area contributed by atoms with E-state index in [9.17, 15) is 0 Å². The zero-order chi connectivity index (χ0) is 12.2. The predicted octanol–water partition coefficient (Wildman–Crippen LogP) is 4.94. The Labute approximate surface area is 115 Å². The smallest absolute Gasteiger partial charge is 0.0118 e. The summed E-state index contributed by atoms with van der Waals surface area (Å²) in [5, 5.41) is 0. The third kappa shape index (κ3) is 1.81. The van der Waals surface area contributed by atoms with Crippen LogP contribution in [0.15, 0.2) is 24.3 Å². The summed E-state index contributed by atoms with van der Waals surface area (Å²) < 4.78 is 0. The van der Waals surface area contributed by atoms with E-state index in [1.54, 1.807) is 0 Å². The molecular formula is C16H20ClP. The summed E-state index contributed by atoms with van der Waals surface area (Å²) in [5.74, 6) is 6.67. The Morgan fingerprint density at radius 1 is 0.944 bits per heavy atom. The highest BCUT2D eigenvalue weighted by atomic mass is 35.7. The van der Waals surface area contributed by atoms with Gasteiger partial charge in [-0.05, 0) is 68.5 Å². The second-order valence-electron chi connectivity index (χ2n) is 6.79. The minimum absolute atomic E-state index is 0.367. The maximum absolute atomic E-state index is 6.70. The second kappa shape index (κ2) is 3.90. The zero-order valence-corrected chi connectivity index (χ0v) is 12.3. The molecule has 0 nitrogen and oxygen atoms in total. The van der Waals surface area contributed by atoms with E-state index in [-0.39, 0.29) is 0 Å². The summed E-state index contributed by atoms with van der Waals surface area (Å²) in [4.78, 5) is 0. The molecule has 0 radical (unpaired) electrons. The third-order valence-electron chi connectivity index (χ3n) is 5.41. The van der Waals surface area contributed by atoms with Crippen molar-refractivity contribution < 1.29 is 0 Å². The number of rotatable bonds is 2. The van der Waals surface area contributed by atoms with Gasteiger partial charge in [0.25, 0.3) is 0 Å². The van der Waals surface area contributed by atoms with Crippen LogP contribution >= 0.6 is 17.8 Å². The summed E-state index contributed by atoms with van der Waals surface area (Å²) in [6.07, 6.45) is 17.8. The van der Waals surface area contributed by atoms with Gasteiger partial charge in [-0.3, -0.25) is 0 Å². The van der Waals surface area contributed by atoms with E-state index in [2.05, 4.69) is 35.9 Å². The highest BCUT2D eigenvalue weighted by molar-refractivity contribution is 7.82. The lowest BCUT2D eigenvalue weighted by molar-refractivity contribution is 0.585. The van der Waals surface area contributed by atoms with Gasteiger partial charge < -0.3 is 0 Å². The standard InChI is InChI=1S/C16H20ClP/c17-18(11-15-5-1-13(9-15)2-6-15)12-16-7-3-14(10-16)4-8-16/h1,3,5,7,11-14H,2,4,6,8-10H2. The second-order valence-corrected chi connectivity index (χ2v) is 9.17. The number of hydrogen-bond donors (Lipinski definition) is 0. The Hall–Kier alpha value is -0.190. The van der Waals surface area contributed by atoms with E-state index in [0.29, 0.717) is 10.8 Å². The maximum Gasteiger partial charge on any atom is 0.0118 e. The van der Waals surface area contributed by atoms with Crippen molar-refractivity contribution in [1.82, 2.24) is 0 Å². The van der Waals surface area contributed by atoms with E-state index in [1.165, 1.54) is 38.5 Å². The number of halogens is 1. The van der Waals surface area contributed by atoms with Gasteiger partial charge in [-0.2, -0.15) is 0 Å². The Balaban J connectivity index is 1.65. The van der Waals surface area contributed by atoms with Gasteiger partial charge in [0.05, 0.1) is 0 Å². The molecule has 18 heavy (non-hydrogen) atoms. The van der Waals surface area contributed by atoms with Gasteiger partial charge in [0.15, 0.2) is 0 Å². The fraction of sp³-hybridized carbons (Fsp3) is 0.625. The van der Waals surface area contributed by atoms with Crippen LogP contribution in [0.4, 0.5) is 0 Å². The quantitative estimate of drug-likeness (QED) is 0.496. The third-order valence-corrected chi connectivity index (χ3v) is 7.51. The minimum Gasteiger partial charge on any atom is -0.0845 e. The molecule has 0 spiro atoms. The molecule has 96 valence electrons. The number of hydrogen-bond acceptors (Lipinski definition) is 0. The summed E-state index contributed by atoms with van der Waals surface area (Å²) in [6, 6.07) is 0. The largest absolute Gasteiger partial charge is 0.0845 e. The molecule has 4 bridgehead atoms. The van der Waals surface area contributed by atoms with Crippen molar-refractivity contribution in [2.75, 3.05) is 0 Å². The molecule has 0 heterocycles. The number of allylic oxidation sites excluding steroid dienone is 4. The van der Waals surface area contributed by atoms with Crippen molar-refractivity contribution in [3.8, 4) is 0 Å². The maximum atomic E-state index is 6.70. The van der Waals surface area contributed by atoms with Crippen LogP contribution in [0.25, 0.3) is 0 Å². The minimum atomic E-state index is -0.538. The summed E-state index contributed by atoms with van der Waals surface area (Å²) in [7, 11) is 0. The molecule has 4 aliphatic rings. The van der Waals surface area contributed by atoms with Gasteiger partial charge in [-0.1, -0.05) is 35.5 Å². The molecule has 4 unspecified atom stereocenters. The zero-order valence-electron chi connectivity index (χ0n) is 10.7. The average molecular weight is 279 g/mol. The van der Waals surface area contributed by atoms with Crippen LogP contribution in [-0.2, 0) is 0 Å². The van der Waals surface area contributed by atoms with Crippen LogP contribution in [0.5, 0.6) is 0 Å². The van der Waals surface area contributed by atoms with Crippen LogP contribution in [0, 0.1) is 22.7 Å². The van der Waals surface area contributed by atoms with Crippen LogP contribution in [0.3, 0.4) is 0 Å². The Bertz CT molecular complexity index is 479. The molecule has 2 saturated carbocycles. The van der Waals surface area contributed by atoms with E-state index < -0.39 is 6.52 Å². The molecule has 0 aliphatic heterocycles. The monoisotopic (exact) mass is 278 g/mol.